The molecular weight excluding hydrogens is 324 g/mol. The lowest BCUT2D eigenvalue weighted by atomic mass is 10.3. The number of nitrogens with zero attached hydrogens (tertiary/aromatic N) is 3. The van der Waals surface area contributed by atoms with Crippen molar-refractivity contribution in [1.29, 1.82) is 0 Å². The fourth-order valence-corrected chi connectivity index (χ4v) is 2.29. The lowest BCUT2D eigenvalue weighted by Gasteiger charge is -2.09. The molecule has 0 radical (unpaired) electrons. The number of aromatic nitrogens is 3. The number of rotatable bonds is 4. The van der Waals surface area contributed by atoms with Gasteiger partial charge in [-0.1, -0.05) is 0 Å². The van der Waals surface area contributed by atoms with Crippen LogP contribution in [0.3, 0.4) is 0 Å². The Morgan fingerprint density at radius 2 is 1.83 bits per heavy atom. The monoisotopic (exact) mass is 340 g/mol. The summed E-state index contributed by atoms with van der Waals surface area (Å²) in [5, 5.41) is 19.0. The lowest BCUT2D eigenvalue weighted by Crippen LogP contribution is -2.28. The van der Waals surface area contributed by atoms with Crippen molar-refractivity contribution in [3.63, 3.8) is 0 Å². The minimum atomic E-state index is 0.208. The van der Waals surface area contributed by atoms with E-state index in [2.05, 4.69) is 30.9 Å². The van der Waals surface area contributed by atoms with Crippen LogP contribution in [0, 0.1) is 0 Å². The zero-order valence-electron chi connectivity index (χ0n) is 12.9. The SMILES string of the molecule is CCNC(=S)Nc1ccc2ncc(Nc3ccc(O)cc3)nc2n1. The topological polar surface area (TPSA) is 95.0 Å². The van der Waals surface area contributed by atoms with Gasteiger partial charge in [-0.05, 0) is 55.5 Å². The average Bonchev–Trinajstić information content (AvgIpc) is 2.57. The molecule has 0 saturated carbocycles. The molecule has 122 valence electrons. The standard InChI is InChI=1S/C16H16N6OS/c1-2-17-16(24)22-13-8-7-12-15(20-13)21-14(9-18-12)19-10-3-5-11(23)6-4-10/h3-9,23H,2H2,1H3,(H3,17,19,20,21,22,24). The molecule has 7 nitrogen and oxygen atoms in total. The normalized spacial score (nSPS) is 10.4. The highest BCUT2D eigenvalue weighted by molar-refractivity contribution is 7.80. The number of pyridine rings is 1. The van der Waals surface area contributed by atoms with Crippen LogP contribution >= 0.6 is 12.2 Å². The van der Waals surface area contributed by atoms with E-state index in [9.17, 15) is 5.11 Å². The van der Waals surface area contributed by atoms with Crippen molar-refractivity contribution >= 4 is 45.8 Å². The molecule has 4 N–H and O–H groups in total. The highest BCUT2D eigenvalue weighted by Gasteiger charge is 2.05. The van der Waals surface area contributed by atoms with Gasteiger partial charge in [-0.15, -0.1) is 0 Å². The molecule has 0 spiro atoms. The molecule has 3 rings (SSSR count). The maximum atomic E-state index is 9.32. The number of hydrogen-bond donors (Lipinski definition) is 4. The van der Waals surface area contributed by atoms with E-state index < -0.39 is 0 Å². The Hall–Kier alpha value is -3.00. The molecule has 8 heteroatoms. The van der Waals surface area contributed by atoms with Crippen molar-refractivity contribution in [1.82, 2.24) is 20.3 Å². The van der Waals surface area contributed by atoms with Gasteiger partial charge in [0.2, 0.25) is 0 Å². The summed E-state index contributed by atoms with van der Waals surface area (Å²) < 4.78 is 0. The number of benzene rings is 1. The number of nitrogens with one attached hydrogen (secondary N) is 3. The first-order valence-electron chi connectivity index (χ1n) is 7.39. The highest BCUT2D eigenvalue weighted by Crippen LogP contribution is 2.19. The average molecular weight is 340 g/mol. The molecule has 1 aromatic carbocycles. The molecule has 0 aliphatic carbocycles. The zero-order chi connectivity index (χ0) is 16.9. The Labute approximate surface area is 144 Å². The van der Waals surface area contributed by atoms with Gasteiger partial charge in [0.05, 0.1) is 6.20 Å². The molecule has 2 heterocycles. The van der Waals surface area contributed by atoms with Crippen molar-refractivity contribution < 1.29 is 5.11 Å². The molecule has 2 aromatic heterocycles. The number of aromatic hydroxyl groups is 1. The van der Waals surface area contributed by atoms with Crippen LogP contribution in [0.25, 0.3) is 11.2 Å². The van der Waals surface area contributed by atoms with Crippen LogP contribution < -0.4 is 16.0 Å². The van der Waals surface area contributed by atoms with Crippen LogP contribution in [0.2, 0.25) is 0 Å². The first-order chi connectivity index (χ1) is 11.6. The first kappa shape index (κ1) is 15.9. The smallest absolute Gasteiger partial charge is 0.182 e. The molecule has 0 aliphatic heterocycles. The Balaban J connectivity index is 1.83. The summed E-state index contributed by atoms with van der Waals surface area (Å²) in [6.07, 6.45) is 1.63. The van der Waals surface area contributed by atoms with Crippen LogP contribution in [0.15, 0.2) is 42.6 Å². The molecule has 0 atom stereocenters. The minimum Gasteiger partial charge on any atom is -0.508 e. The Morgan fingerprint density at radius 3 is 2.58 bits per heavy atom. The number of phenolic OH excluding ortho intramolecular Hbond substituents is 1. The molecule has 3 aromatic rings. The lowest BCUT2D eigenvalue weighted by molar-refractivity contribution is 0.475. The summed E-state index contributed by atoms with van der Waals surface area (Å²) in [6.45, 7) is 2.70. The number of phenols is 1. The maximum absolute atomic E-state index is 9.32. The van der Waals surface area contributed by atoms with Gasteiger partial charge in [0.15, 0.2) is 16.6 Å². The summed E-state index contributed by atoms with van der Waals surface area (Å²) in [6, 6.07) is 10.3. The summed E-state index contributed by atoms with van der Waals surface area (Å²) in [5.41, 5.74) is 1.98. The molecular formula is C16H16N6OS. The van der Waals surface area contributed by atoms with Crippen LogP contribution in [-0.2, 0) is 0 Å². The minimum absolute atomic E-state index is 0.208. The quantitative estimate of drug-likeness (QED) is 0.425. The summed E-state index contributed by atoms with van der Waals surface area (Å²) >= 11 is 5.15. The fourth-order valence-electron chi connectivity index (χ4n) is 2.04. The Kier molecular flexibility index (Phi) is 4.66. The van der Waals surface area contributed by atoms with Gasteiger partial charge in [-0.3, -0.25) is 0 Å². The first-order valence-corrected chi connectivity index (χ1v) is 7.79. The number of anilines is 3. The highest BCUT2D eigenvalue weighted by atomic mass is 32.1. The molecule has 24 heavy (non-hydrogen) atoms. The Morgan fingerprint density at radius 1 is 1.08 bits per heavy atom. The predicted octanol–water partition coefficient (Wildman–Crippen LogP) is 2.78. The van der Waals surface area contributed by atoms with E-state index in [0.29, 0.717) is 27.9 Å². The Bertz CT molecular complexity index is 868. The van der Waals surface area contributed by atoms with E-state index in [-0.39, 0.29) is 5.75 Å². The van der Waals surface area contributed by atoms with Gasteiger partial charge in [0.1, 0.15) is 17.1 Å². The molecule has 0 aliphatic rings. The maximum Gasteiger partial charge on any atom is 0.182 e. The van der Waals surface area contributed by atoms with E-state index in [0.717, 1.165) is 12.2 Å². The second-order valence-corrected chi connectivity index (χ2v) is 5.36. The van der Waals surface area contributed by atoms with Gasteiger partial charge >= 0.3 is 0 Å². The van der Waals surface area contributed by atoms with E-state index in [4.69, 9.17) is 12.2 Å². The molecule has 0 saturated heterocycles. The van der Waals surface area contributed by atoms with Gasteiger partial charge in [-0.2, -0.15) is 0 Å². The van der Waals surface area contributed by atoms with Gasteiger partial charge < -0.3 is 21.1 Å². The van der Waals surface area contributed by atoms with Crippen molar-refractivity contribution in [3.05, 3.63) is 42.6 Å². The number of thiocarbonyl (C=S) groups is 1. The molecule has 0 unspecified atom stereocenters. The van der Waals surface area contributed by atoms with Gasteiger partial charge in [0, 0.05) is 12.2 Å². The van der Waals surface area contributed by atoms with Crippen molar-refractivity contribution in [2.75, 3.05) is 17.2 Å². The summed E-state index contributed by atoms with van der Waals surface area (Å²) in [7, 11) is 0. The fraction of sp³-hybridized carbons (Fsp3) is 0.125. The third kappa shape index (κ3) is 3.85. The number of hydrogen-bond acceptors (Lipinski definition) is 6. The van der Waals surface area contributed by atoms with Crippen molar-refractivity contribution in [2.24, 2.45) is 0 Å². The van der Waals surface area contributed by atoms with E-state index in [1.54, 1.807) is 36.5 Å². The number of fused-ring (bicyclic) bond motifs is 1. The molecule has 0 amide bonds. The predicted molar refractivity (Wildman–Crippen MR) is 98.6 cm³/mol. The summed E-state index contributed by atoms with van der Waals surface area (Å²) in [5.74, 6) is 1.37. The molecule has 0 bridgehead atoms. The molecule has 0 fully saturated rings. The van der Waals surface area contributed by atoms with Crippen LogP contribution in [0.5, 0.6) is 5.75 Å². The third-order valence-corrected chi connectivity index (χ3v) is 3.37. The van der Waals surface area contributed by atoms with Crippen LogP contribution in [-0.4, -0.2) is 31.7 Å². The summed E-state index contributed by atoms with van der Waals surface area (Å²) in [4.78, 5) is 13.2. The largest absolute Gasteiger partial charge is 0.508 e. The van der Waals surface area contributed by atoms with Gasteiger partial charge in [-0.25, -0.2) is 15.0 Å². The van der Waals surface area contributed by atoms with Crippen LogP contribution in [0.4, 0.5) is 17.3 Å². The second kappa shape index (κ2) is 7.05. The van der Waals surface area contributed by atoms with E-state index >= 15 is 0 Å². The third-order valence-electron chi connectivity index (χ3n) is 3.13. The zero-order valence-corrected chi connectivity index (χ0v) is 13.8. The van der Waals surface area contributed by atoms with Crippen LogP contribution in [0.1, 0.15) is 6.92 Å². The second-order valence-electron chi connectivity index (χ2n) is 4.95. The van der Waals surface area contributed by atoms with Gasteiger partial charge in [0.25, 0.3) is 0 Å². The van der Waals surface area contributed by atoms with Crippen molar-refractivity contribution in [3.8, 4) is 5.75 Å². The van der Waals surface area contributed by atoms with E-state index in [1.807, 2.05) is 13.0 Å². The van der Waals surface area contributed by atoms with E-state index in [1.165, 1.54) is 0 Å². The van der Waals surface area contributed by atoms with Crippen molar-refractivity contribution in [2.45, 2.75) is 6.92 Å².